The molecule has 1 aromatic heterocycles. The van der Waals surface area contributed by atoms with Gasteiger partial charge in [0.15, 0.2) is 5.60 Å². The number of carbonyl (C=O) groups excluding carboxylic acids is 2. The van der Waals surface area contributed by atoms with Gasteiger partial charge in [-0.2, -0.15) is 0 Å². The van der Waals surface area contributed by atoms with E-state index in [1.165, 1.54) is 5.56 Å². The topological polar surface area (TPSA) is 93.9 Å². The van der Waals surface area contributed by atoms with Crippen LogP contribution in [0.1, 0.15) is 46.6 Å². The molecule has 2 aliphatic heterocycles. The molecule has 8 nitrogen and oxygen atoms in total. The van der Waals surface area contributed by atoms with Gasteiger partial charge in [0.1, 0.15) is 23.7 Å². The monoisotopic (exact) mass is 427 g/mol. The third-order valence-electron chi connectivity index (χ3n) is 6.03. The largest absolute Gasteiger partial charge is 0.491 e. The van der Waals surface area contributed by atoms with Crippen LogP contribution in [0.3, 0.4) is 0 Å². The molecule has 4 rings (SSSR count). The van der Waals surface area contributed by atoms with E-state index in [4.69, 9.17) is 14.0 Å². The zero-order valence-corrected chi connectivity index (χ0v) is 18.1. The minimum absolute atomic E-state index is 0.171. The van der Waals surface area contributed by atoms with Gasteiger partial charge in [-0.3, -0.25) is 9.59 Å². The molecule has 2 amide bonds. The van der Waals surface area contributed by atoms with Crippen LogP contribution in [0, 0.1) is 13.8 Å². The fraction of sp³-hybridized carbons (Fsp3) is 0.522. The number of aromatic nitrogens is 1. The highest BCUT2D eigenvalue weighted by Crippen LogP contribution is 2.29. The van der Waals surface area contributed by atoms with Gasteiger partial charge in [0, 0.05) is 6.54 Å². The Morgan fingerprint density at radius 1 is 1.19 bits per heavy atom. The van der Waals surface area contributed by atoms with Gasteiger partial charge in [0.05, 0.1) is 25.4 Å². The number of hydrogen-bond acceptors (Lipinski definition) is 6. The number of hydrogen-bond donors (Lipinski definition) is 1. The van der Waals surface area contributed by atoms with Gasteiger partial charge in [-0.15, -0.1) is 0 Å². The lowest BCUT2D eigenvalue weighted by Crippen LogP contribution is -2.61. The molecule has 1 fully saturated rings. The van der Waals surface area contributed by atoms with Crippen molar-refractivity contribution in [1.82, 2.24) is 15.4 Å². The van der Waals surface area contributed by atoms with Crippen LogP contribution in [0.5, 0.6) is 5.75 Å². The summed E-state index contributed by atoms with van der Waals surface area (Å²) in [7, 11) is 0. The maximum absolute atomic E-state index is 13.2. The number of para-hydroxylation sites is 1. The first-order chi connectivity index (χ1) is 15.0. The summed E-state index contributed by atoms with van der Waals surface area (Å²) in [5.74, 6) is 0.996. The van der Waals surface area contributed by atoms with Gasteiger partial charge in [-0.1, -0.05) is 23.4 Å². The van der Waals surface area contributed by atoms with E-state index in [0.717, 1.165) is 25.0 Å². The Morgan fingerprint density at radius 2 is 2.03 bits per heavy atom. The number of morpholine rings is 1. The fourth-order valence-electron chi connectivity index (χ4n) is 4.37. The van der Waals surface area contributed by atoms with E-state index in [-0.39, 0.29) is 18.4 Å². The molecule has 1 unspecified atom stereocenters. The fourth-order valence-corrected chi connectivity index (χ4v) is 4.37. The van der Waals surface area contributed by atoms with E-state index in [2.05, 4.69) is 16.5 Å². The molecule has 3 heterocycles. The molecule has 2 aliphatic rings. The predicted octanol–water partition coefficient (Wildman–Crippen LogP) is 2.42. The summed E-state index contributed by atoms with van der Waals surface area (Å²) in [6.45, 7) is 5.16. The molecule has 1 saturated heterocycles. The van der Waals surface area contributed by atoms with Crippen molar-refractivity contribution >= 4 is 11.8 Å². The maximum Gasteiger partial charge on any atom is 0.259 e. The lowest BCUT2D eigenvalue weighted by molar-refractivity contribution is -0.159. The third kappa shape index (κ3) is 4.44. The quantitative estimate of drug-likeness (QED) is 0.751. The Bertz CT molecular complexity index is 937. The first-order valence-electron chi connectivity index (χ1n) is 10.9. The number of benzene rings is 1. The Hall–Kier alpha value is -2.87. The summed E-state index contributed by atoms with van der Waals surface area (Å²) in [6, 6.07) is 8.02. The molecule has 0 bridgehead atoms. The van der Waals surface area contributed by atoms with E-state index < -0.39 is 5.60 Å². The van der Waals surface area contributed by atoms with Crippen LogP contribution >= 0.6 is 0 Å². The molecule has 0 saturated carbocycles. The Morgan fingerprint density at radius 3 is 2.84 bits per heavy atom. The van der Waals surface area contributed by atoms with Crippen LogP contribution in [-0.4, -0.2) is 60.3 Å². The lowest BCUT2D eigenvalue weighted by Gasteiger charge is -2.41. The van der Waals surface area contributed by atoms with Crippen molar-refractivity contribution in [2.75, 3.05) is 32.8 Å². The number of carbonyl (C=O) groups is 2. The van der Waals surface area contributed by atoms with Crippen LogP contribution in [0.4, 0.5) is 0 Å². The molecule has 1 atom stereocenters. The van der Waals surface area contributed by atoms with Gasteiger partial charge < -0.3 is 24.2 Å². The van der Waals surface area contributed by atoms with Gasteiger partial charge in [0.2, 0.25) is 0 Å². The number of fused-ring (bicyclic) bond motifs is 1. The maximum atomic E-state index is 13.2. The average molecular weight is 428 g/mol. The van der Waals surface area contributed by atoms with E-state index in [1.807, 2.05) is 18.2 Å². The molecular formula is C23H29N3O5. The minimum Gasteiger partial charge on any atom is -0.491 e. The number of amides is 2. The first kappa shape index (κ1) is 21.4. The summed E-state index contributed by atoms with van der Waals surface area (Å²) in [4.78, 5) is 28.0. The van der Waals surface area contributed by atoms with Crippen LogP contribution in [-0.2, 0) is 16.0 Å². The highest BCUT2D eigenvalue weighted by Gasteiger charge is 2.45. The second-order valence-corrected chi connectivity index (χ2v) is 8.19. The smallest absolute Gasteiger partial charge is 0.259 e. The summed E-state index contributed by atoms with van der Waals surface area (Å²) in [5.41, 5.74) is 1.13. The molecule has 0 radical (unpaired) electrons. The summed E-state index contributed by atoms with van der Waals surface area (Å²) < 4.78 is 17.1. The standard InChI is InChI=1S/C23H29N3O5/c1-16-20(17(2)31-25-16)21(27)26-12-14-30-23(15-26)10-6-5-8-18-7-3-4-9-19(18)29-13-11-24-22(23)28/h3-4,7,9H,5-6,8,10-15H2,1-2H3,(H,24,28). The Kier molecular flexibility index (Phi) is 6.27. The second kappa shape index (κ2) is 9.09. The van der Waals surface area contributed by atoms with Crippen molar-refractivity contribution in [2.45, 2.75) is 45.1 Å². The van der Waals surface area contributed by atoms with Gasteiger partial charge in [-0.25, -0.2) is 0 Å². The number of aryl methyl sites for hydroxylation is 3. The van der Waals surface area contributed by atoms with Crippen LogP contribution < -0.4 is 10.1 Å². The summed E-state index contributed by atoms with van der Waals surface area (Å²) in [6.07, 6.45) is 3.12. The SMILES string of the molecule is Cc1noc(C)c1C(=O)N1CCOC2(CCCCc3ccccc3OCCNC2=O)C1. The van der Waals surface area contributed by atoms with Crippen LogP contribution in [0.15, 0.2) is 28.8 Å². The predicted molar refractivity (Wildman–Crippen MR) is 113 cm³/mol. The van der Waals surface area contributed by atoms with Crippen molar-refractivity contribution in [1.29, 1.82) is 0 Å². The van der Waals surface area contributed by atoms with Gasteiger partial charge in [-0.05, 0) is 51.2 Å². The zero-order chi connectivity index (χ0) is 21.8. The van der Waals surface area contributed by atoms with E-state index in [9.17, 15) is 9.59 Å². The second-order valence-electron chi connectivity index (χ2n) is 8.19. The molecule has 0 aliphatic carbocycles. The molecule has 166 valence electrons. The molecule has 1 spiro atoms. The molecule has 2 aromatic rings. The highest BCUT2D eigenvalue weighted by atomic mass is 16.5. The number of nitrogens with one attached hydrogen (secondary N) is 1. The number of ether oxygens (including phenoxy) is 2. The zero-order valence-electron chi connectivity index (χ0n) is 18.1. The van der Waals surface area contributed by atoms with Gasteiger partial charge >= 0.3 is 0 Å². The molecular weight excluding hydrogens is 398 g/mol. The number of nitrogens with zero attached hydrogens (tertiary/aromatic N) is 2. The van der Waals surface area contributed by atoms with E-state index >= 15 is 0 Å². The lowest BCUT2D eigenvalue weighted by atomic mass is 9.91. The normalized spacial score (nSPS) is 22.6. The Balaban J connectivity index is 1.52. The minimum atomic E-state index is -1.06. The van der Waals surface area contributed by atoms with Crippen molar-refractivity contribution in [3.8, 4) is 5.75 Å². The Labute approximate surface area is 181 Å². The number of rotatable bonds is 1. The third-order valence-corrected chi connectivity index (χ3v) is 6.03. The van der Waals surface area contributed by atoms with Gasteiger partial charge in [0.25, 0.3) is 11.8 Å². The van der Waals surface area contributed by atoms with Crippen LogP contribution in [0.2, 0.25) is 0 Å². The van der Waals surface area contributed by atoms with Crippen LogP contribution in [0.25, 0.3) is 0 Å². The van der Waals surface area contributed by atoms with E-state index in [1.54, 1.807) is 18.7 Å². The van der Waals surface area contributed by atoms with E-state index in [0.29, 0.717) is 49.7 Å². The van der Waals surface area contributed by atoms with Crippen molar-refractivity contribution in [3.05, 3.63) is 46.8 Å². The molecule has 1 N–H and O–H groups in total. The molecule has 8 heteroatoms. The summed E-state index contributed by atoms with van der Waals surface area (Å²) >= 11 is 0. The first-order valence-corrected chi connectivity index (χ1v) is 10.9. The van der Waals surface area contributed by atoms with Crippen molar-refractivity contribution < 1.29 is 23.6 Å². The molecule has 31 heavy (non-hydrogen) atoms. The molecule has 1 aromatic carbocycles. The summed E-state index contributed by atoms with van der Waals surface area (Å²) in [5, 5.41) is 6.84. The average Bonchev–Trinajstić information content (AvgIpc) is 3.11. The van der Waals surface area contributed by atoms with Crippen molar-refractivity contribution in [3.63, 3.8) is 0 Å². The van der Waals surface area contributed by atoms with Crippen molar-refractivity contribution in [2.24, 2.45) is 0 Å². The highest BCUT2D eigenvalue weighted by molar-refractivity contribution is 5.97.